The lowest BCUT2D eigenvalue weighted by molar-refractivity contribution is -0.383. The van der Waals surface area contributed by atoms with Crippen molar-refractivity contribution in [3.8, 4) is 0 Å². The van der Waals surface area contributed by atoms with Gasteiger partial charge in [0.2, 0.25) is 0 Å². The standard InChI is InChI=1S/C25H44O3/c1-4-21-26-25(27-22-5-2,28-23-6-3)20-16-11-9-7-8-10-13-17-24-18-14-12-15-19-24/h12,14-15,18-19H,4-11,13,16-17,20-23H2,1-3H3. The molecule has 0 aliphatic carbocycles. The lowest BCUT2D eigenvalue weighted by atomic mass is 10.0. The second kappa shape index (κ2) is 17.0. The Kier molecular flexibility index (Phi) is 15.3. The minimum Gasteiger partial charge on any atom is -0.327 e. The lowest BCUT2D eigenvalue weighted by Gasteiger charge is -2.33. The highest BCUT2D eigenvalue weighted by atomic mass is 16.9. The van der Waals surface area contributed by atoms with Crippen molar-refractivity contribution in [2.24, 2.45) is 0 Å². The van der Waals surface area contributed by atoms with Gasteiger partial charge in [0.05, 0.1) is 19.8 Å². The van der Waals surface area contributed by atoms with Crippen LogP contribution in [0.1, 0.15) is 97.0 Å². The van der Waals surface area contributed by atoms with Crippen LogP contribution in [0, 0.1) is 0 Å². The van der Waals surface area contributed by atoms with Crippen LogP contribution in [0.4, 0.5) is 0 Å². The second-order valence-electron chi connectivity index (χ2n) is 7.69. The molecule has 0 saturated carbocycles. The van der Waals surface area contributed by atoms with Gasteiger partial charge in [-0.05, 0) is 44.1 Å². The molecule has 3 heteroatoms. The molecule has 0 unspecified atom stereocenters. The zero-order valence-corrected chi connectivity index (χ0v) is 18.7. The van der Waals surface area contributed by atoms with Crippen molar-refractivity contribution < 1.29 is 14.2 Å². The summed E-state index contributed by atoms with van der Waals surface area (Å²) in [6.07, 6.45) is 13.9. The van der Waals surface area contributed by atoms with Crippen LogP contribution in [-0.4, -0.2) is 25.8 Å². The molecule has 0 fully saturated rings. The van der Waals surface area contributed by atoms with Gasteiger partial charge in [0.25, 0.3) is 5.97 Å². The van der Waals surface area contributed by atoms with Gasteiger partial charge in [0, 0.05) is 6.42 Å². The highest BCUT2D eigenvalue weighted by Gasteiger charge is 2.32. The van der Waals surface area contributed by atoms with Crippen molar-refractivity contribution in [3.63, 3.8) is 0 Å². The van der Waals surface area contributed by atoms with Gasteiger partial charge >= 0.3 is 0 Å². The summed E-state index contributed by atoms with van der Waals surface area (Å²) in [5.41, 5.74) is 1.46. The van der Waals surface area contributed by atoms with E-state index in [0.717, 1.165) is 32.1 Å². The smallest absolute Gasteiger partial charge is 0.282 e. The monoisotopic (exact) mass is 392 g/mol. The average Bonchev–Trinajstić information content (AvgIpc) is 2.74. The summed E-state index contributed by atoms with van der Waals surface area (Å²) in [6.45, 7) is 8.45. The fraction of sp³-hybridized carbons (Fsp3) is 0.760. The van der Waals surface area contributed by atoms with E-state index < -0.39 is 5.97 Å². The van der Waals surface area contributed by atoms with Gasteiger partial charge < -0.3 is 14.2 Å². The molecule has 1 rings (SSSR count). The van der Waals surface area contributed by atoms with E-state index in [1.54, 1.807) is 0 Å². The molecule has 0 atom stereocenters. The summed E-state index contributed by atoms with van der Waals surface area (Å²) in [4.78, 5) is 0. The third-order valence-corrected chi connectivity index (χ3v) is 4.87. The number of hydrogen-bond acceptors (Lipinski definition) is 3. The number of rotatable bonds is 19. The summed E-state index contributed by atoms with van der Waals surface area (Å²) < 4.78 is 18.1. The van der Waals surface area contributed by atoms with Crippen LogP contribution >= 0.6 is 0 Å². The summed E-state index contributed by atoms with van der Waals surface area (Å²) in [7, 11) is 0. The highest BCUT2D eigenvalue weighted by molar-refractivity contribution is 5.14. The molecule has 0 heterocycles. The van der Waals surface area contributed by atoms with Crippen molar-refractivity contribution >= 4 is 0 Å². The van der Waals surface area contributed by atoms with Gasteiger partial charge in [-0.2, -0.15) is 0 Å². The zero-order valence-electron chi connectivity index (χ0n) is 18.7. The maximum absolute atomic E-state index is 6.04. The number of ether oxygens (including phenoxy) is 3. The minimum atomic E-state index is -0.822. The third-order valence-electron chi connectivity index (χ3n) is 4.87. The first-order chi connectivity index (χ1) is 13.8. The van der Waals surface area contributed by atoms with Gasteiger partial charge in [-0.3, -0.25) is 0 Å². The van der Waals surface area contributed by atoms with Gasteiger partial charge in [0.15, 0.2) is 0 Å². The largest absolute Gasteiger partial charge is 0.327 e. The Labute approximate surface area is 174 Å². The van der Waals surface area contributed by atoms with E-state index in [-0.39, 0.29) is 0 Å². The molecule has 3 nitrogen and oxygen atoms in total. The number of hydrogen-bond donors (Lipinski definition) is 0. The number of unbranched alkanes of at least 4 members (excludes halogenated alkanes) is 6. The van der Waals surface area contributed by atoms with E-state index in [9.17, 15) is 0 Å². The summed E-state index contributed by atoms with van der Waals surface area (Å²) in [5.74, 6) is -0.822. The molecule has 28 heavy (non-hydrogen) atoms. The average molecular weight is 393 g/mol. The molecule has 0 amide bonds. The molecular formula is C25H44O3. The fourth-order valence-electron chi connectivity index (χ4n) is 3.31. The molecule has 0 N–H and O–H groups in total. The van der Waals surface area contributed by atoms with Crippen LogP contribution in [0.2, 0.25) is 0 Å². The first kappa shape index (κ1) is 25.1. The molecule has 0 saturated heterocycles. The van der Waals surface area contributed by atoms with Crippen LogP contribution in [0.15, 0.2) is 30.3 Å². The number of benzene rings is 1. The zero-order chi connectivity index (χ0) is 20.3. The van der Waals surface area contributed by atoms with Crippen molar-refractivity contribution in [3.05, 3.63) is 35.9 Å². The SMILES string of the molecule is CCCOC(CCCCCCCCCc1ccccc1)(OCCC)OCCC. The Morgan fingerprint density at radius 1 is 0.607 bits per heavy atom. The number of aryl methyl sites for hydroxylation is 1. The van der Waals surface area contributed by atoms with E-state index in [1.165, 1.54) is 50.5 Å². The van der Waals surface area contributed by atoms with Gasteiger partial charge in [-0.1, -0.05) is 83.2 Å². The summed E-state index contributed by atoms with van der Waals surface area (Å²) >= 11 is 0. The van der Waals surface area contributed by atoms with E-state index >= 15 is 0 Å². The molecule has 1 aromatic carbocycles. The normalized spacial score (nSPS) is 11.8. The Hall–Kier alpha value is -0.900. The third kappa shape index (κ3) is 11.8. The van der Waals surface area contributed by atoms with Crippen molar-refractivity contribution in [1.29, 1.82) is 0 Å². The summed E-state index contributed by atoms with van der Waals surface area (Å²) in [6, 6.07) is 10.8. The van der Waals surface area contributed by atoms with Gasteiger partial charge in [-0.25, -0.2) is 0 Å². The first-order valence-corrected chi connectivity index (χ1v) is 11.7. The molecule has 0 bridgehead atoms. The molecule has 0 aliphatic rings. The molecule has 0 aromatic heterocycles. The minimum absolute atomic E-state index is 0.689. The van der Waals surface area contributed by atoms with E-state index in [1.807, 2.05) is 0 Å². The molecule has 0 spiro atoms. The Balaban J connectivity index is 2.18. The van der Waals surface area contributed by atoms with E-state index in [4.69, 9.17) is 14.2 Å². The predicted octanol–water partition coefficient (Wildman–Crippen LogP) is 7.28. The Bertz CT molecular complexity index is 425. The Morgan fingerprint density at radius 2 is 1.07 bits per heavy atom. The highest BCUT2D eigenvalue weighted by Crippen LogP contribution is 2.25. The van der Waals surface area contributed by atoms with Crippen LogP contribution in [0.25, 0.3) is 0 Å². The van der Waals surface area contributed by atoms with E-state index in [0.29, 0.717) is 19.8 Å². The molecule has 0 aliphatic heterocycles. The van der Waals surface area contributed by atoms with Crippen molar-refractivity contribution in [1.82, 2.24) is 0 Å². The Morgan fingerprint density at radius 3 is 1.57 bits per heavy atom. The second-order valence-corrected chi connectivity index (χ2v) is 7.69. The maximum atomic E-state index is 6.04. The maximum Gasteiger partial charge on any atom is 0.282 e. The van der Waals surface area contributed by atoms with Crippen LogP contribution < -0.4 is 0 Å². The van der Waals surface area contributed by atoms with Crippen LogP contribution in [0.5, 0.6) is 0 Å². The van der Waals surface area contributed by atoms with Crippen LogP contribution in [0.3, 0.4) is 0 Å². The lowest BCUT2D eigenvalue weighted by Crippen LogP contribution is -2.40. The van der Waals surface area contributed by atoms with Gasteiger partial charge in [0.1, 0.15) is 0 Å². The predicted molar refractivity (Wildman–Crippen MR) is 119 cm³/mol. The van der Waals surface area contributed by atoms with E-state index in [2.05, 4.69) is 51.1 Å². The fourth-order valence-corrected chi connectivity index (χ4v) is 3.31. The molecule has 162 valence electrons. The van der Waals surface area contributed by atoms with Gasteiger partial charge in [-0.15, -0.1) is 0 Å². The molecule has 0 radical (unpaired) electrons. The molecule has 1 aromatic rings. The quantitative estimate of drug-likeness (QED) is 0.183. The molecular weight excluding hydrogens is 348 g/mol. The van der Waals surface area contributed by atoms with Crippen LogP contribution in [-0.2, 0) is 20.6 Å². The topological polar surface area (TPSA) is 27.7 Å². The summed E-state index contributed by atoms with van der Waals surface area (Å²) in [5, 5.41) is 0. The first-order valence-electron chi connectivity index (χ1n) is 11.7. The van der Waals surface area contributed by atoms with Crippen molar-refractivity contribution in [2.75, 3.05) is 19.8 Å². The van der Waals surface area contributed by atoms with Crippen molar-refractivity contribution in [2.45, 2.75) is 104 Å².